The van der Waals surface area contributed by atoms with E-state index < -0.39 is 0 Å². The van der Waals surface area contributed by atoms with Gasteiger partial charge in [0.15, 0.2) is 0 Å². The van der Waals surface area contributed by atoms with Crippen molar-refractivity contribution in [3.05, 3.63) is 29.8 Å². The van der Waals surface area contributed by atoms with E-state index in [1.807, 2.05) is 24.3 Å². The number of hydrogen-bond acceptors (Lipinski definition) is 3. The molecule has 0 fully saturated rings. The molecule has 0 aromatic heterocycles. The molecule has 2 aromatic carbocycles. The van der Waals surface area contributed by atoms with Crippen LogP contribution in [0.3, 0.4) is 0 Å². The quantitative estimate of drug-likeness (QED) is 0.583. The van der Waals surface area contributed by atoms with Gasteiger partial charge in [0.05, 0.1) is 0 Å². The van der Waals surface area contributed by atoms with Gasteiger partial charge in [0.2, 0.25) is 0 Å². The number of alkyl halides is 1. The third kappa shape index (κ3) is 2.27. The molecule has 0 saturated heterocycles. The summed E-state index contributed by atoms with van der Waals surface area (Å²) in [5.41, 5.74) is 2.29. The van der Waals surface area contributed by atoms with E-state index in [0.29, 0.717) is 11.6 Å². The Kier molecular flexibility index (Phi) is 3.53. The Morgan fingerprint density at radius 1 is 1.38 bits per heavy atom. The van der Waals surface area contributed by atoms with Gasteiger partial charge in [-0.3, -0.25) is 0 Å². The van der Waals surface area contributed by atoms with Crippen molar-refractivity contribution in [2.45, 2.75) is 37.1 Å². The normalized spacial score (nSPS) is 18.3. The number of halogens is 1. The molecule has 1 aliphatic heterocycles. The highest BCUT2D eigenvalue weighted by Crippen LogP contribution is 2.48. The molecule has 0 amide bonds. The number of thiol groups is 1. The standard InChI is InChI=1S/C17H20ClNOS/c1-17(2,3)19-9-10(8-18)15-12(19)7-13(20)11-5-4-6-14(21)16(11)15/h4-7,10,20-21H,8-9H2,1-3H3/t10-/m1/s1. The van der Waals surface area contributed by atoms with Gasteiger partial charge in [-0.25, -0.2) is 0 Å². The summed E-state index contributed by atoms with van der Waals surface area (Å²) in [6.45, 7) is 7.42. The second-order valence-electron chi connectivity index (χ2n) is 6.66. The maximum atomic E-state index is 10.4. The molecule has 0 aliphatic carbocycles. The molecule has 3 rings (SSSR count). The number of fused-ring (bicyclic) bond motifs is 3. The zero-order chi connectivity index (χ0) is 15.4. The Balaban J connectivity index is 2.37. The van der Waals surface area contributed by atoms with Crippen LogP contribution >= 0.6 is 24.2 Å². The van der Waals surface area contributed by atoms with Crippen LogP contribution < -0.4 is 4.90 Å². The van der Waals surface area contributed by atoms with Crippen molar-refractivity contribution in [3.8, 4) is 5.75 Å². The first-order chi connectivity index (χ1) is 9.84. The maximum absolute atomic E-state index is 10.4. The Morgan fingerprint density at radius 3 is 2.71 bits per heavy atom. The van der Waals surface area contributed by atoms with Crippen LogP contribution in [0.1, 0.15) is 32.3 Å². The Morgan fingerprint density at radius 2 is 2.10 bits per heavy atom. The third-order valence-corrected chi connectivity index (χ3v) is 4.98. The number of anilines is 1. The fraction of sp³-hybridized carbons (Fsp3) is 0.412. The summed E-state index contributed by atoms with van der Waals surface area (Å²) in [5.74, 6) is 1.14. The summed E-state index contributed by atoms with van der Waals surface area (Å²) in [6.07, 6.45) is 0. The van der Waals surface area contributed by atoms with Gasteiger partial charge in [0.1, 0.15) is 5.75 Å². The van der Waals surface area contributed by atoms with E-state index in [4.69, 9.17) is 11.6 Å². The first-order valence-electron chi connectivity index (χ1n) is 7.15. The molecule has 21 heavy (non-hydrogen) atoms. The summed E-state index contributed by atoms with van der Waals surface area (Å²) in [7, 11) is 0. The molecule has 0 saturated carbocycles. The molecule has 2 aromatic rings. The summed E-state index contributed by atoms with van der Waals surface area (Å²) < 4.78 is 0. The molecule has 1 heterocycles. The van der Waals surface area contributed by atoms with Crippen LogP contribution in [-0.4, -0.2) is 23.1 Å². The number of nitrogens with zero attached hydrogens (tertiary/aromatic N) is 1. The zero-order valence-corrected chi connectivity index (χ0v) is 14.2. The highest BCUT2D eigenvalue weighted by molar-refractivity contribution is 7.80. The second kappa shape index (κ2) is 4.99. The maximum Gasteiger partial charge on any atom is 0.125 e. The molecule has 112 valence electrons. The van der Waals surface area contributed by atoms with E-state index in [1.54, 1.807) is 0 Å². The minimum Gasteiger partial charge on any atom is -0.507 e. The molecule has 4 heteroatoms. The van der Waals surface area contributed by atoms with Crippen molar-refractivity contribution in [1.29, 1.82) is 0 Å². The number of phenolic OH excluding ortho intramolecular Hbond substituents is 1. The van der Waals surface area contributed by atoms with Crippen molar-refractivity contribution >= 4 is 40.7 Å². The predicted octanol–water partition coefficient (Wildman–Crippen LogP) is 4.78. The van der Waals surface area contributed by atoms with Crippen molar-refractivity contribution in [2.75, 3.05) is 17.3 Å². The summed E-state index contributed by atoms with van der Waals surface area (Å²) in [6, 6.07) is 7.71. The predicted molar refractivity (Wildman–Crippen MR) is 93.4 cm³/mol. The largest absolute Gasteiger partial charge is 0.507 e. The molecule has 0 unspecified atom stereocenters. The molecule has 1 aliphatic rings. The van der Waals surface area contributed by atoms with Crippen molar-refractivity contribution < 1.29 is 5.11 Å². The number of phenols is 1. The molecule has 0 bridgehead atoms. The van der Waals surface area contributed by atoms with Crippen LogP contribution in [0.5, 0.6) is 5.75 Å². The van der Waals surface area contributed by atoms with Crippen LogP contribution in [0.25, 0.3) is 10.8 Å². The summed E-state index contributed by atoms with van der Waals surface area (Å²) in [5, 5.41) is 12.3. The Bertz CT molecular complexity index is 708. The van der Waals surface area contributed by atoms with Crippen LogP contribution in [0, 0.1) is 0 Å². The molecule has 2 nitrogen and oxygen atoms in total. The summed E-state index contributed by atoms with van der Waals surface area (Å²) in [4.78, 5) is 3.22. The van der Waals surface area contributed by atoms with Crippen molar-refractivity contribution in [1.82, 2.24) is 0 Å². The molecule has 1 N–H and O–H groups in total. The fourth-order valence-electron chi connectivity index (χ4n) is 3.26. The Labute approximate surface area is 136 Å². The van der Waals surface area contributed by atoms with E-state index in [9.17, 15) is 5.11 Å². The van der Waals surface area contributed by atoms with E-state index >= 15 is 0 Å². The first-order valence-corrected chi connectivity index (χ1v) is 8.14. The van der Waals surface area contributed by atoms with E-state index in [1.165, 1.54) is 5.56 Å². The average molecular weight is 322 g/mol. The Hall–Kier alpha value is -1.06. The monoisotopic (exact) mass is 321 g/mol. The number of hydrogen-bond donors (Lipinski definition) is 2. The molecular formula is C17H20ClNOS. The zero-order valence-electron chi connectivity index (χ0n) is 12.5. The molecule has 0 radical (unpaired) electrons. The van der Waals surface area contributed by atoms with Crippen LogP contribution in [0.15, 0.2) is 29.2 Å². The summed E-state index contributed by atoms with van der Waals surface area (Å²) >= 11 is 10.8. The fourth-order valence-corrected chi connectivity index (χ4v) is 3.84. The lowest BCUT2D eigenvalue weighted by Gasteiger charge is -2.35. The van der Waals surface area contributed by atoms with Gasteiger partial charge in [-0.2, -0.15) is 0 Å². The van der Waals surface area contributed by atoms with Gasteiger partial charge in [-0.05, 0) is 32.4 Å². The number of benzene rings is 2. The van der Waals surface area contributed by atoms with Gasteiger partial charge < -0.3 is 10.0 Å². The number of rotatable bonds is 1. The first kappa shape index (κ1) is 14.9. The van der Waals surface area contributed by atoms with E-state index in [0.717, 1.165) is 27.9 Å². The molecular weight excluding hydrogens is 302 g/mol. The van der Waals surface area contributed by atoms with Gasteiger partial charge in [-0.15, -0.1) is 24.2 Å². The van der Waals surface area contributed by atoms with Gasteiger partial charge in [0.25, 0.3) is 0 Å². The van der Waals surface area contributed by atoms with E-state index in [2.05, 4.69) is 38.3 Å². The van der Waals surface area contributed by atoms with Gasteiger partial charge >= 0.3 is 0 Å². The highest BCUT2D eigenvalue weighted by atomic mass is 35.5. The van der Waals surface area contributed by atoms with Crippen molar-refractivity contribution in [2.24, 2.45) is 0 Å². The lowest BCUT2D eigenvalue weighted by Crippen LogP contribution is -2.40. The molecule has 1 atom stereocenters. The minimum atomic E-state index is -0.0127. The van der Waals surface area contributed by atoms with Gasteiger partial charge in [0, 0.05) is 51.3 Å². The van der Waals surface area contributed by atoms with E-state index in [-0.39, 0.29) is 11.5 Å². The average Bonchev–Trinajstić information content (AvgIpc) is 2.77. The lowest BCUT2D eigenvalue weighted by molar-refractivity contribution is 0.479. The van der Waals surface area contributed by atoms with Crippen LogP contribution in [0.4, 0.5) is 5.69 Å². The lowest BCUT2D eigenvalue weighted by atomic mass is 9.95. The second-order valence-corrected chi connectivity index (χ2v) is 7.45. The van der Waals surface area contributed by atoms with Crippen LogP contribution in [0.2, 0.25) is 0 Å². The highest BCUT2D eigenvalue weighted by Gasteiger charge is 2.36. The topological polar surface area (TPSA) is 23.5 Å². The molecule has 0 spiro atoms. The number of aromatic hydroxyl groups is 1. The third-order valence-electron chi connectivity index (χ3n) is 4.24. The smallest absolute Gasteiger partial charge is 0.125 e. The SMILES string of the molecule is CC(C)(C)N1C[C@@H](CCl)c2c1cc(O)c1cccc(S)c21. The minimum absolute atomic E-state index is 0.0127. The van der Waals surface area contributed by atoms with Crippen molar-refractivity contribution in [3.63, 3.8) is 0 Å². The van der Waals surface area contributed by atoms with Gasteiger partial charge in [-0.1, -0.05) is 12.1 Å². The van der Waals surface area contributed by atoms with Crippen LogP contribution in [-0.2, 0) is 0 Å².